The van der Waals surface area contributed by atoms with E-state index in [1.54, 1.807) is 18.3 Å². The van der Waals surface area contributed by atoms with Gasteiger partial charge in [-0.2, -0.15) is 10.4 Å². The predicted octanol–water partition coefficient (Wildman–Crippen LogP) is 4.70. The Morgan fingerprint density at radius 1 is 1.31 bits per heavy atom. The number of rotatable bonds is 8. The zero-order valence-corrected chi connectivity index (χ0v) is 19.4. The van der Waals surface area contributed by atoms with Gasteiger partial charge in [-0.3, -0.25) is 9.78 Å². The minimum atomic E-state index is -0.546. The van der Waals surface area contributed by atoms with Gasteiger partial charge in [-0.15, -0.1) is 0 Å². The second kappa shape index (κ2) is 10.6. The van der Waals surface area contributed by atoms with Gasteiger partial charge < -0.3 is 9.47 Å². The third-order valence-corrected chi connectivity index (χ3v) is 4.74. The third-order valence-electron chi connectivity index (χ3n) is 4.15. The molecule has 3 rings (SSSR count). The SMILES string of the molecule is CCOc1cc(C=NNc2nc(-c3ccccc3)c(C#N)c(=O)[nH]2)cc(Br)c1OC(C)C. The second-order valence-corrected chi connectivity index (χ2v) is 7.77. The molecule has 1 aromatic heterocycles. The first-order valence-electron chi connectivity index (χ1n) is 9.94. The summed E-state index contributed by atoms with van der Waals surface area (Å²) in [6.07, 6.45) is 1.55. The molecule has 0 spiro atoms. The fraction of sp³-hybridized carbons (Fsp3) is 0.217. The van der Waals surface area contributed by atoms with E-state index in [1.165, 1.54) is 0 Å². The van der Waals surface area contributed by atoms with Crippen molar-refractivity contribution in [3.05, 3.63) is 68.4 Å². The first kappa shape index (κ1) is 23.0. The molecule has 1 heterocycles. The normalized spacial score (nSPS) is 10.9. The van der Waals surface area contributed by atoms with Crippen LogP contribution in [0.15, 0.2) is 56.8 Å². The van der Waals surface area contributed by atoms with Crippen molar-refractivity contribution in [3.63, 3.8) is 0 Å². The molecule has 2 aromatic carbocycles. The average Bonchev–Trinajstić information content (AvgIpc) is 2.76. The molecule has 0 amide bonds. The van der Waals surface area contributed by atoms with Crippen molar-refractivity contribution in [1.29, 1.82) is 5.26 Å². The molecule has 0 bridgehead atoms. The number of halogens is 1. The zero-order valence-electron chi connectivity index (χ0n) is 17.8. The molecule has 9 heteroatoms. The van der Waals surface area contributed by atoms with E-state index >= 15 is 0 Å². The first-order valence-corrected chi connectivity index (χ1v) is 10.7. The number of hydrogen-bond acceptors (Lipinski definition) is 7. The number of hydrogen-bond donors (Lipinski definition) is 2. The van der Waals surface area contributed by atoms with E-state index in [2.05, 4.69) is 36.4 Å². The van der Waals surface area contributed by atoms with Crippen LogP contribution in [0.1, 0.15) is 31.9 Å². The maximum atomic E-state index is 12.3. The van der Waals surface area contributed by atoms with E-state index in [9.17, 15) is 10.1 Å². The summed E-state index contributed by atoms with van der Waals surface area (Å²) >= 11 is 3.52. The molecule has 0 atom stereocenters. The highest BCUT2D eigenvalue weighted by atomic mass is 79.9. The number of benzene rings is 2. The van der Waals surface area contributed by atoms with E-state index < -0.39 is 5.56 Å². The van der Waals surface area contributed by atoms with E-state index in [4.69, 9.17) is 9.47 Å². The van der Waals surface area contributed by atoms with Gasteiger partial charge in [-0.05, 0) is 54.4 Å². The van der Waals surface area contributed by atoms with Crippen LogP contribution in [0, 0.1) is 11.3 Å². The fourth-order valence-electron chi connectivity index (χ4n) is 2.88. The number of aromatic nitrogens is 2. The van der Waals surface area contributed by atoms with Crippen LogP contribution >= 0.6 is 15.9 Å². The van der Waals surface area contributed by atoms with Crippen LogP contribution < -0.4 is 20.5 Å². The van der Waals surface area contributed by atoms with Crippen molar-refractivity contribution in [2.75, 3.05) is 12.0 Å². The number of nitrogens with one attached hydrogen (secondary N) is 2. The molecule has 0 aliphatic heterocycles. The molecule has 0 fully saturated rings. The molecule has 0 aliphatic carbocycles. The summed E-state index contributed by atoms with van der Waals surface area (Å²) in [4.78, 5) is 19.2. The Morgan fingerprint density at radius 3 is 2.72 bits per heavy atom. The van der Waals surface area contributed by atoms with E-state index in [-0.39, 0.29) is 23.3 Å². The number of nitrogens with zero attached hydrogens (tertiary/aromatic N) is 3. The Labute approximate surface area is 194 Å². The molecule has 3 aromatic rings. The average molecular weight is 496 g/mol. The van der Waals surface area contributed by atoms with E-state index in [0.29, 0.717) is 23.7 Å². The van der Waals surface area contributed by atoms with Gasteiger partial charge in [0.1, 0.15) is 11.6 Å². The summed E-state index contributed by atoms with van der Waals surface area (Å²) in [5, 5.41) is 13.5. The minimum Gasteiger partial charge on any atom is -0.490 e. The Bertz CT molecular complexity index is 1220. The van der Waals surface area contributed by atoms with E-state index in [1.807, 2.05) is 57.2 Å². The molecule has 0 aliphatic rings. The van der Waals surface area contributed by atoms with Crippen molar-refractivity contribution < 1.29 is 9.47 Å². The van der Waals surface area contributed by atoms with Gasteiger partial charge >= 0.3 is 0 Å². The van der Waals surface area contributed by atoms with Crippen LogP contribution in [0.3, 0.4) is 0 Å². The van der Waals surface area contributed by atoms with Crippen LogP contribution in [0.25, 0.3) is 11.3 Å². The smallest absolute Gasteiger partial charge is 0.270 e. The molecule has 32 heavy (non-hydrogen) atoms. The molecular weight excluding hydrogens is 474 g/mol. The van der Waals surface area contributed by atoms with Crippen LogP contribution in [-0.2, 0) is 0 Å². The number of anilines is 1. The van der Waals surface area contributed by atoms with Crippen molar-refractivity contribution in [1.82, 2.24) is 9.97 Å². The van der Waals surface area contributed by atoms with Gasteiger partial charge in [-0.1, -0.05) is 30.3 Å². The van der Waals surface area contributed by atoms with Gasteiger partial charge in [0.25, 0.3) is 5.56 Å². The summed E-state index contributed by atoms with van der Waals surface area (Å²) in [5.74, 6) is 1.33. The van der Waals surface area contributed by atoms with Crippen LogP contribution in [0.4, 0.5) is 5.95 Å². The van der Waals surface area contributed by atoms with Gasteiger partial charge in [-0.25, -0.2) is 10.4 Å². The summed E-state index contributed by atoms with van der Waals surface area (Å²) in [6, 6.07) is 14.6. The topological polar surface area (TPSA) is 112 Å². The maximum absolute atomic E-state index is 12.3. The summed E-state index contributed by atoms with van der Waals surface area (Å²) < 4.78 is 12.3. The van der Waals surface area contributed by atoms with Gasteiger partial charge in [0.15, 0.2) is 11.5 Å². The Balaban J connectivity index is 1.88. The lowest BCUT2D eigenvalue weighted by Gasteiger charge is -2.16. The highest BCUT2D eigenvalue weighted by Crippen LogP contribution is 2.37. The predicted molar refractivity (Wildman–Crippen MR) is 127 cm³/mol. The number of H-pyrrole nitrogens is 1. The summed E-state index contributed by atoms with van der Waals surface area (Å²) in [6.45, 7) is 6.26. The Hall–Kier alpha value is -3.64. The largest absolute Gasteiger partial charge is 0.490 e. The Morgan fingerprint density at radius 2 is 2.06 bits per heavy atom. The van der Waals surface area contributed by atoms with Gasteiger partial charge in [0.2, 0.25) is 5.95 Å². The zero-order chi connectivity index (χ0) is 23.1. The van der Waals surface area contributed by atoms with Crippen LogP contribution in [-0.4, -0.2) is 28.9 Å². The van der Waals surface area contributed by atoms with Gasteiger partial charge in [0, 0.05) is 5.56 Å². The first-order chi connectivity index (χ1) is 15.4. The standard InChI is InChI=1S/C23H22BrN5O3/c1-4-31-19-11-15(10-18(24)21(19)32-14(2)3)13-26-29-23-27-20(16-8-6-5-7-9-16)17(12-25)22(30)28-23/h5-11,13-14H,4H2,1-3H3,(H2,27,28,29,30). The molecule has 2 N–H and O–H groups in total. The van der Waals surface area contributed by atoms with Crippen molar-refractivity contribution in [2.24, 2.45) is 5.10 Å². The monoisotopic (exact) mass is 495 g/mol. The quantitative estimate of drug-likeness (QED) is 0.345. The lowest BCUT2D eigenvalue weighted by atomic mass is 10.1. The minimum absolute atomic E-state index is 0.00946. The highest BCUT2D eigenvalue weighted by Gasteiger charge is 2.14. The highest BCUT2D eigenvalue weighted by molar-refractivity contribution is 9.10. The van der Waals surface area contributed by atoms with Crippen molar-refractivity contribution in [3.8, 4) is 28.8 Å². The molecule has 0 saturated carbocycles. The number of nitriles is 1. The molecule has 0 unspecified atom stereocenters. The number of hydrazone groups is 1. The van der Waals surface area contributed by atoms with E-state index in [0.717, 1.165) is 10.0 Å². The van der Waals surface area contributed by atoms with Crippen LogP contribution in [0.2, 0.25) is 0 Å². The number of ether oxygens (including phenoxy) is 2. The Kier molecular flexibility index (Phi) is 7.63. The second-order valence-electron chi connectivity index (χ2n) is 6.92. The van der Waals surface area contributed by atoms with Gasteiger partial charge in [0.05, 0.1) is 29.1 Å². The molecule has 0 saturated heterocycles. The maximum Gasteiger partial charge on any atom is 0.270 e. The summed E-state index contributed by atoms with van der Waals surface area (Å²) in [7, 11) is 0. The molecular formula is C23H22BrN5O3. The number of aromatic amines is 1. The third kappa shape index (κ3) is 5.53. The lowest BCUT2D eigenvalue weighted by molar-refractivity contribution is 0.222. The molecule has 164 valence electrons. The molecule has 8 nitrogen and oxygen atoms in total. The molecule has 0 radical (unpaired) electrons. The van der Waals surface area contributed by atoms with Crippen molar-refractivity contribution >= 4 is 28.1 Å². The fourth-order valence-corrected chi connectivity index (χ4v) is 3.43. The summed E-state index contributed by atoms with van der Waals surface area (Å²) in [5.41, 5.74) is 3.80. The van der Waals surface area contributed by atoms with Crippen LogP contribution in [0.5, 0.6) is 11.5 Å². The van der Waals surface area contributed by atoms with Crippen molar-refractivity contribution in [2.45, 2.75) is 26.9 Å². The lowest BCUT2D eigenvalue weighted by Crippen LogP contribution is -2.16.